The van der Waals surface area contributed by atoms with Crippen molar-refractivity contribution in [1.29, 1.82) is 0 Å². The molecule has 150 valence electrons. The number of rotatable bonds is 7. The lowest BCUT2D eigenvalue weighted by Gasteiger charge is -2.24. The minimum atomic E-state index is -1.40. The molecular weight excluding hydrogens is 372 g/mol. The maximum Gasteiger partial charge on any atom is 0.342 e. The number of ether oxygens (including phenoxy) is 3. The predicted molar refractivity (Wildman–Crippen MR) is 107 cm³/mol. The molecule has 0 heterocycles. The number of benzene rings is 2. The summed E-state index contributed by atoms with van der Waals surface area (Å²) in [5, 5.41) is 0. The Bertz CT molecular complexity index is 895. The fraction of sp³-hybridized carbons (Fsp3) is 0.217. The molecule has 1 unspecified atom stereocenters. The maximum absolute atomic E-state index is 12.6. The summed E-state index contributed by atoms with van der Waals surface area (Å²) in [5.74, 6) is -4.78. The van der Waals surface area contributed by atoms with Gasteiger partial charge in [0.15, 0.2) is 5.92 Å². The highest BCUT2D eigenvalue weighted by Crippen LogP contribution is 2.34. The molecule has 0 radical (unpaired) electrons. The van der Waals surface area contributed by atoms with Crippen molar-refractivity contribution >= 4 is 24.0 Å². The van der Waals surface area contributed by atoms with Gasteiger partial charge in [0, 0.05) is 5.92 Å². The van der Waals surface area contributed by atoms with E-state index in [1.165, 1.54) is 21.3 Å². The van der Waals surface area contributed by atoms with Gasteiger partial charge in [-0.3, -0.25) is 9.59 Å². The van der Waals surface area contributed by atoms with E-state index in [1.807, 2.05) is 30.3 Å². The lowest BCUT2D eigenvalue weighted by atomic mass is 9.80. The van der Waals surface area contributed by atoms with Gasteiger partial charge in [0.05, 0.1) is 26.9 Å². The van der Waals surface area contributed by atoms with Crippen LogP contribution in [0.15, 0.2) is 72.0 Å². The first-order valence-corrected chi connectivity index (χ1v) is 8.84. The van der Waals surface area contributed by atoms with Gasteiger partial charge in [-0.05, 0) is 17.2 Å². The largest absolute Gasteiger partial charge is 0.468 e. The second kappa shape index (κ2) is 10.6. The lowest BCUT2D eigenvalue weighted by molar-refractivity contribution is -0.159. The van der Waals surface area contributed by atoms with E-state index in [9.17, 15) is 14.4 Å². The smallest absolute Gasteiger partial charge is 0.342 e. The molecule has 0 aliphatic carbocycles. The van der Waals surface area contributed by atoms with Gasteiger partial charge in [-0.25, -0.2) is 4.79 Å². The monoisotopic (exact) mass is 394 g/mol. The van der Waals surface area contributed by atoms with Crippen molar-refractivity contribution in [2.24, 2.45) is 5.92 Å². The molecule has 0 amide bonds. The Hall–Kier alpha value is -3.63. The van der Waals surface area contributed by atoms with Gasteiger partial charge in [-0.15, -0.1) is 5.73 Å². The van der Waals surface area contributed by atoms with Crippen LogP contribution in [0.4, 0.5) is 0 Å². The van der Waals surface area contributed by atoms with Crippen molar-refractivity contribution < 1.29 is 28.6 Å². The molecule has 1 atom stereocenters. The number of carbonyl (C=O) groups is 3. The number of hydrogen-bond donors (Lipinski definition) is 0. The molecule has 0 fully saturated rings. The van der Waals surface area contributed by atoms with E-state index >= 15 is 0 Å². The zero-order valence-corrected chi connectivity index (χ0v) is 16.5. The molecule has 0 aliphatic rings. The summed E-state index contributed by atoms with van der Waals surface area (Å²) in [5.41, 5.74) is 4.26. The van der Waals surface area contributed by atoms with Crippen molar-refractivity contribution in [1.82, 2.24) is 0 Å². The van der Waals surface area contributed by atoms with Gasteiger partial charge in [0.25, 0.3) is 0 Å². The first kappa shape index (κ1) is 21.7. The molecule has 0 N–H and O–H groups in total. The third kappa shape index (κ3) is 5.43. The zero-order chi connectivity index (χ0) is 21.2. The third-order valence-electron chi connectivity index (χ3n) is 4.31. The van der Waals surface area contributed by atoms with Crippen molar-refractivity contribution in [3.8, 4) is 0 Å². The van der Waals surface area contributed by atoms with Crippen molar-refractivity contribution in [2.75, 3.05) is 21.3 Å². The van der Waals surface area contributed by atoms with Crippen LogP contribution in [0, 0.1) is 5.92 Å². The van der Waals surface area contributed by atoms with E-state index < -0.39 is 29.7 Å². The molecule has 6 nitrogen and oxygen atoms in total. The van der Waals surface area contributed by atoms with Crippen LogP contribution in [0.3, 0.4) is 0 Å². The fourth-order valence-corrected chi connectivity index (χ4v) is 2.90. The zero-order valence-electron chi connectivity index (χ0n) is 16.5. The molecule has 29 heavy (non-hydrogen) atoms. The predicted octanol–water partition coefficient (Wildman–Crippen LogP) is 3.14. The maximum atomic E-state index is 12.6. The van der Waals surface area contributed by atoms with Crippen LogP contribution in [0.2, 0.25) is 0 Å². The van der Waals surface area contributed by atoms with Crippen LogP contribution in [0.1, 0.15) is 17.0 Å². The Balaban J connectivity index is 2.74. The lowest BCUT2D eigenvalue weighted by Crippen LogP contribution is -2.34. The van der Waals surface area contributed by atoms with E-state index in [-0.39, 0.29) is 5.57 Å². The standard InChI is InChI=1S/C23H22O6/c1-27-21(24)18(15-14-16-10-6-4-7-11-16)19(17-12-8-5-9-13-17)20(22(25)28-2)23(26)29-3/h4-14,19-20H,1-3H3. The van der Waals surface area contributed by atoms with Crippen LogP contribution >= 0.6 is 0 Å². The number of hydrogen-bond acceptors (Lipinski definition) is 6. The molecular formula is C23H22O6. The average molecular weight is 394 g/mol. The summed E-state index contributed by atoms with van der Waals surface area (Å²) in [7, 11) is 3.56. The van der Waals surface area contributed by atoms with E-state index in [0.29, 0.717) is 5.56 Å². The minimum Gasteiger partial charge on any atom is -0.468 e. The Morgan fingerprint density at radius 2 is 1.31 bits per heavy atom. The summed E-state index contributed by atoms with van der Waals surface area (Å²) < 4.78 is 14.6. The molecule has 0 bridgehead atoms. The second-order valence-electron chi connectivity index (χ2n) is 6.02. The molecule has 0 aromatic heterocycles. The first-order valence-electron chi connectivity index (χ1n) is 8.84. The molecule has 0 aliphatic heterocycles. The first-order chi connectivity index (χ1) is 14.0. The highest BCUT2D eigenvalue weighted by Gasteiger charge is 2.42. The Labute approximate surface area is 169 Å². The van der Waals surface area contributed by atoms with Crippen LogP contribution < -0.4 is 0 Å². The Morgan fingerprint density at radius 1 is 0.793 bits per heavy atom. The Morgan fingerprint density at radius 3 is 1.79 bits per heavy atom. The molecule has 6 heteroatoms. The number of methoxy groups -OCH3 is 3. The third-order valence-corrected chi connectivity index (χ3v) is 4.31. The SMILES string of the molecule is COC(=O)C(=C=Cc1ccccc1)C(c1ccccc1)C(C(=O)OC)C(=O)OC. The van der Waals surface area contributed by atoms with E-state index in [4.69, 9.17) is 14.2 Å². The summed E-state index contributed by atoms with van der Waals surface area (Å²) in [6, 6.07) is 17.9. The van der Waals surface area contributed by atoms with Gasteiger partial charge in [0.1, 0.15) is 0 Å². The average Bonchev–Trinajstić information content (AvgIpc) is 2.78. The number of esters is 3. The van der Waals surface area contributed by atoms with Crippen molar-refractivity contribution in [3.05, 3.63) is 83.1 Å². The molecule has 2 aromatic rings. The molecule has 0 spiro atoms. The van der Waals surface area contributed by atoms with Gasteiger partial charge in [0.2, 0.25) is 0 Å². The van der Waals surface area contributed by atoms with E-state index in [1.54, 1.807) is 36.4 Å². The summed E-state index contributed by atoms with van der Waals surface area (Å²) in [6.07, 6.45) is 1.59. The molecule has 0 saturated heterocycles. The summed E-state index contributed by atoms with van der Waals surface area (Å²) in [4.78, 5) is 37.6. The van der Waals surface area contributed by atoms with Gasteiger partial charge in [-0.2, -0.15) is 0 Å². The van der Waals surface area contributed by atoms with Crippen LogP contribution in [-0.4, -0.2) is 39.2 Å². The van der Waals surface area contributed by atoms with Gasteiger partial charge < -0.3 is 14.2 Å². The minimum absolute atomic E-state index is 0.00310. The van der Waals surface area contributed by atoms with Crippen molar-refractivity contribution in [2.45, 2.75) is 5.92 Å². The van der Waals surface area contributed by atoms with E-state index in [2.05, 4.69) is 5.73 Å². The molecule has 0 saturated carbocycles. The quantitative estimate of drug-likeness (QED) is 0.236. The normalized spacial score (nSPS) is 11.0. The molecule has 2 aromatic carbocycles. The Kier molecular flexibility index (Phi) is 7.95. The summed E-state index contributed by atoms with van der Waals surface area (Å²) in [6.45, 7) is 0. The van der Waals surface area contributed by atoms with E-state index in [0.717, 1.165) is 5.56 Å². The van der Waals surface area contributed by atoms with Crippen LogP contribution in [-0.2, 0) is 28.6 Å². The summed E-state index contributed by atoms with van der Waals surface area (Å²) >= 11 is 0. The van der Waals surface area contributed by atoms with Gasteiger partial charge in [-0.1, -0.05) is 60.7 Å². The second-order valence-corrected chi connectivity index (χ2v) is 6.02. The number of carbonyl (C=O) groups excluding carboxylic acids is 3. The van der Waals surface area contributed by atoms with Crippen molar-refractivity contribution in [3.63, 3.8) is 0 Å². The van der Waals surface area contributed by atoms with Crippen LogP contribution in [0.5, 0.6) is 0 Å². The highest BCUT2D eigenvalue weighted by atomic mass is 16.5. The topological polar surface area (TPSA) is 78.9 Å². The molecule has 2 rings (SSSR count). The fourth-order valence-electron chi connectivity index (χ4n) is 2.90. The van der Waals surface area contributed by atoms with Gasteiger partial charge >= 0.3 is 17.9 Å². The van der Waals surface area contributed by atoms with Crippen LogP contribution in [0.25, 0.3) is 6.08 Å². The highest BCUT2D eigenvalue weighted by molar-refractivity contribution is 6.00.